The number of carbonyl (C=O) groups excluding carboxylic acids is 1. The number of thiophene rings is 1. The van der Waals surface area contributed by atoms with Gasteiger partial charge in [0.25, 0.3) is 5.91 Å². The number of carbonyl (C=O) groups is 1. The maximum atomic E-state index is 12.1. The highest BCUT2D eigenvalue weighted by molar-refractivity contribution is 7.98. The minimum atomic E-state index is -0.445. The largest absolute Gasteiger partial charge is 0.391 e. The summed E-state index contributed by atoms with van der Waals surface area (Å²) >= 11 is 3.53. The van der Waals surface area contributed by atoms with E-state index >= 15 is 0 Å². The Balaban J connectivity index is 1.90. The first-order valence-electron chi connectivity index (χ1n) is 7.31. The van der Waals surface area contributed by atoms with E-state index in [9.17, 15) is 9.90 Å². The van der Waals surface area contributed by atoms with Gasteiger partial charge in [0.1, 0.15) is 0 Å². The molecule has 0 spiro atoms. The third-order valence-electron chi connectivity index (χ3n) is 3.92. The van der Waals surface area contributed by atoms with Crippen molar-refractivity contribution in [3.8, 4) is 0 Å². The van der Waals surface area contributed by atoms with Crippen LogP contribution < -0.4 is 5.32 Å². The van der Waals surface area contributed by atoms with Crippen LogP contribution in [0.25, 0.3) is 0 Å². The minimum absolute atomic E-state index is 0.0422. The van der Waals surface area contributed by atoms with Crippen molar-refractivity contribution in [2.45, 2.75) is 45.0 Å². The molecule has 0 radical (unpaired) electrons. The summed E-state index contributed by atoms with van der Waals surface area (Å²) in [6.07, 6.45) is 2.52. The first-order chi connectivity index (χ1) is 9.65. The third kappa shape index (κ3) is 3.77. The Bertz CT molecular complexity index is 431. The fourth-order valence-corrected chi connectivity index (χ4v) is 4.83. The topological polar surface area (TPSA) is 49.3 Å². The number of amides is 1. The number of fused-ring (bicyclic) bond motifs is 1. The number of aryl methyl sites for hydroxylation is 1. The second-order valence-corrected chi connectivity index (χ2v) is 7.46. The van der Waals surface area contributed by atoms with Crippen LogP contribution >= 0.6 is 23.1 Å². The molecular formula is C15H23NO2S2. The molecule has 2 N–H and O–H groups in total. The molecule has 0 aliphatic carbocycles. The van der Waals surface area contributed by atoms with E-state index in [1.165, 1.54) is 10.4 Å². The van der Waals surface area contributed by atoms with Crippen molar-refractivity contribution in [2.24, 2.45) is 5.92 Å². The first kappa shape index (κ1) is 15.9. The van der Waals surface area contributed by atoms with E-state index in [1.54, 1.807) is 11.3 Å². The van der Waals surface area contributed by atoms with E-state index in [-0.39, 0.29) is 11.8 Å². The first-order valence-corrected chi connectivity index (χ1v) is 9.28. The van der Waals surface area contributed by atoms with Gasteiger partial charge in [0, 0.05) is 17.2 Å². The Morgan fingerprint density at radius 1 is 1.45 bits per heavy atom. The summed E-state index contributed by atoms with van der Waals surface area (Å²) in [4.78, 5) is 14.3. The Hall–Kier alpha value is -0.520. The Morgan fingerprint density at radius 3 is 2.85 bits per heavy atom. The number of rotatable bonds is 6. The quantitative estimate of drug-likeness (QED) is 0.848. The third-order valence-corrected chi connectivity index (χ3v) is 6.16. The highest BCUT2D eigenvalue weighted by atomic mass is 32.2. The molecule has 5 heteroatoms. The van der Waals surface area contributed by atoms with Gasteiger partial charge in [-0.2, -0.15) is 11.8 Å². The highest BCUT2D eigenvalue weighted by Gasteiger charge is 2.20. The summed E-state index contributed by atoms with van der Waals surface area (Å²) in [5.74, 6) is 2.40. The van der Waals surface area contributed by atoms with Crippen LogP contribution in [0.4, 0.5) is 0 Å². The van der Waals surface area contributed by atoms with Gasteiger partial charge in [-0.25, -0.2) is 0 Å². The molecule has 1 aromatic rings. The fourth-order valence-electron chi connectivity index (χ4n) is 2.54. The zero-order chi connectivity index (χ0) is 14.5. The van der Waals surface area contributed by atoms with Gasteiger partial charge in [0.2, 0.25) is 0 Å². The lowest BCUT2D eigenvalue weighted by Crippen LogP contribution is -2.35. The smallest absolute Gasteiger partial charge is 0.261 e. The van der Waals surface area contributed by atoms with Crippen LogP contribution in [-0.2, 0) is 12.2 Å². The van der Waals surface area contributed by atoms with Crippen molar-refractivity contribution >= 4 is 29.0 Å². The van der Waals surface area contributed by atoms with E-state index in [0.717, 1.165) is 35.6 Å². The van der Waals surface area contributed by atoms with E-state index in [4.69, 9.17) is 0 Å². The second-order valence-electron chi connectivity index (χ2n) is 5.22. The summed E-state index contributed by atoms with van der Waals surface area (Å²) in [5.41, 5.74) is 1.32. The summed E-state index contributed by atoms with van der Waals surface area (Å²) in [5, 5.41) is 12.9. The average Bonchev–Trinajstić information content (AvgIpc) is 2.90. The molecule has 0 fully saturated rings. The lowest BCUT2D eigenvalue weighted by atomic mass is 9.96. The maximum absolute atomic E-state index is 12.1. The van der Waals surface area contributed by atoms with Crippen molar-refractivity contribution in [3.05, 3.63) is 21.4 Å². The predicted octanol–water partition coefficient (Wildman–Crippen LogP) is 3.06. The Labute approximate surface area is 129 Å². The SMILES string of the molecule is CCC(CC)C(O)CNC(=O)c1cc2c(s1)CCSC2. The molecule has 1 aliphatic rings. The number of hydrogen-bond donors (Lipinski definition) is 2. The van der Waals surface area contributed by atoms with E-state index in [0.29, 0.717) is 6.54 Å². The number of aliphatic hydroxyl groups is 1. The van der Waals surface area contributed by atoms with Gasteiger partial charge in [-0.1, -0.05) is 26.7 Å². The lowest BCUT2D eigenvalue weighted by molar-refractivity contribution is 0.0819. The van der Waals surface area contributed by atoms with Crippen LogP contribution in [0, 0.1) is 5.92 Å². The van der Waals surface area contributed by atoms with Crippen LogP contribution in [0.5, 0.6) is 0 Å². The second kappa shape index (κ2) is 7.48. The van der Waals surface area contributed by atoms with E-state index in [1.807, 2.05) is 17.8 Å². The predicted molar refractivity (Wildman–Crippen MR) is 86.6 cm³/mol. The monoisotopic (exact) mass is 313 g/mol. The van der Waals surface area contributed by atoms with Crippen LogP contribution in [0.15, 0.2) is 6.07 Å². The highest BCUT2D eigenvalue weighted by Crippen LogP contribution is 2.31. The number of nitrogens with one attached hydrogen (secondary N) is 1. The molecule has 1 atom stereocenters. The van der Waals surface area contributed by atoms with Crippen molar-refractivity contribution in [1.82, 2.24) is 5.32 Å². The summed E-state index contributed by atoms with van der Waals surface area (Å²) in [6.45, 7) is 4.50. The van der Waals surface area contributed by atoms with Gasteiger partial charge >= 0.3 is 0 Å². The molecule has 112 valence electrons. The van der Waals surface area contributed by atoms with Gasteiger partial charge in [0.15, 0.2) is 0 Å². The van der Waals surface area contributed by atoms with E-state index < -0.39 is 6.10 Å². The molecule has 1 unspecified atom stereocenters. The van der Waals surface area contributed by atoms with Crippen LogP contribution in [-0.4, -0.2) is 29.4 Å². The number of hydrogen-bond acceptors (Lipinski definition) is 4. The molecule has 3 nitrogen and oxygen atoms in total. The van der Waals surface area contributed by atoms with Gasteiger partial charge in [-0.3, -0.25) is 4.79 Å². The van der Waals surface area contributed by atoms with Gasteiger partial charge in [-0.15, -0.1) is 11.3 Å². The molecule has 20 heavy (non-hydrogen) atoms. The van der Waals surface area contributed by atoms with Crippen molar-refractivity contribution < 1.29 is 9.90 Å². The van der Waals surface area contributed by atoms with Crippen LogP contribution in [0.1, 0.15) is 46.8 Å². The van der Waals surface area contributed by atoms with Gasteiger partial charge in [-0.05, 0) is 29.7 Å². The minimum Gasteiger partial charge on any atom is -0.391 e. The lowest BCUT2D eigenvalue weighted by Gasteiger charge is -2.20. The molecule has 1 amide bonds. The Morgan fingerprint density at radius 2 is 2.20 bits per heavy atom. The fraction of sp³-hybridized carbons (Fsp3) is 0.667. The van der Waals surface area contributed by atoms with Crippen molar-refractivity contribution in [1.29, 1.82) is 0 Å². The summed E-state index contributed by atoms with van der Waals surface area (Å²) in [6, 6.07) is 2.02. The van der Waals surface area contributed by atoms with Crippen LogP contribution in [0.2, 0.25) is 0 Å². The molecule has 1 aromatic heterocycles. The average molecular weight is 313 g/mol. The van der Waals surface area contributed by atoms with Crippen molar-refractivity contribution in [3.63, 3.8) is 0 Å². The zero-order valence-corrected chi connectivity index (χ0v) is 13.8. The zero-order valence-electron chi connectivity index (χ0n) is 12.1. The standard InChI is InChI=1S/C15H23NO2S2/c1-3-10(4-2)12(17)8-16-15(18)14-7-11-9-19-6-5-13(11)20-14/h7,10,12,17H,3-6,8-9H2,1-2H3,(H,16,18). The van der Waals surface area contributed by atoms with Gasteiger partial charge < -0.3 is 10.4 Å². The molecule has 2 heterocycles. The molecule has 0 saturated carbocycles. The number of aliphatic hydroxyl groups excluding tert-OH is 1. The molecule has 0 bridgehead atoms. The molecule has 0 aromatic carbocycles. The van der Waals surface area contributed by atoms with Gasteiger partial charge in [0.05, 0.1) is 11.0 Å². The Kier molecular flexibility index (Phi) is 5.93. The summed E-state index contributed by atoms with van der Waals surface area (Å²) < 4.78 is 0. The summed E-state index contributed by atoms with van der Waals surface area (Å²) in [7, 11) is 0. The number of thioether (sulfide) groups is 1. The normalized spacial score (nSPS) is 16.0. The molecule has 0 saturated heterocycles. The maximum Gasteiger partial charge on any atom is 0.261 e. The van der Waals surface area contributed by atoms with Crippen LogP contribution in [0.3, 0.4) is 0 Å². The molecule has 2 rings (SSSR count). The van der Waals surface area contributed by atoms with E-state index in [2.05, 4.69) is 19.2 Å². The van der Waals surface area contributed by atoms with Crippen molar-refractivity contribution in [2.75, 3.05) is 12.3 Å². The molecular weight excluding hydrogens is 290 g/mol. The molecule has 1 aliphatic heterocycles.